The van der Waals surface area contributed by atoms with E-state index in [0.29, 0.717) is 23.7 Å². The number of aliphatic hydroxyl groups is 1. The van der Waals surface area contributed by atoms with E-state index in [4.69, 9.17) is 4.74 Å². The van der Waals surface area contributed by atoms with Crippen molar-refractivity contribution in [3.63, 3.8) is 0 Å². The largest absolute Gasteiger partial charge is 0.483 e. The van der Waals surface area contributed by atoms with Gasteiger partial charge in [-0.1, -0.05) is 32.0 Å². The van der Waals surface area contributed by atoms with E-state index in [1.165, 1.54) is 6.07 Å². The molecule has 1 fully saturated rings. The summed E-state index contributed by atoms with van der Waals surface area (Å²) in [7, 11) is 0. The molecule has 0 unspecified atom stereocenters. The van der Waals surface area contributed by atoms with Gasteiger partial charge in [-0.15, -0.1) is 0 Å². The van der Waals surface area contributed by atoms with Crippen molar-refractivity contribution in [1.29, 1.82) is 0 Å². The van der Waals surface area contributed by atoms with Crippen molar-refractivity contribution in [2.75, 3.05) is 31.1 Å². The number of carbonyl (C=O) groups excluding carboxylic acids is 1. The highest BCUT2D eigenvalue weighted by Crippen LogP contribution is 2.50. The first-order valence-corrected chi connectivity index (χ1v) is 12.1. The number of nitrogens with one attached hydrogen (secondary N) is 1. The summed E-state index contributed by atoms with van der Waals surface area (Å²) in [6, 6.07) is 10.3. The maximum atomic E-state index is 15.0. The van der Waals surface area contributed by atoms with Gasteiger partial charge in [-0.05, 0) is 61.4 Å². The van der Waals surface area contributed by atoms with Crippen LogP contribution in [0.15, 0.2) is 41.5 Å². The van der Waals surface area contributed by atoms with Crippen LogP contribution in [0.5, 0.6) is 5.75 Å². The second kappa shape index (κ2) is 8.31. The average molecular weight is 481 g/mol. The Kier molecular flexibility index (Phi) is 5.64. The number of amides is 1. The molecule has 0 radical (unpaired) electrons. The van der Waals surface area contributed by atoms with E-state index in [0.717, 1.165) is 29.9 Å². The van der Waals surface area contributed by atoms with E-state index < -0.39 is 11.6 Å². The SMILES string of the molecule is C[C@@H]1C(=O)NN=C2COc3cc(-c4ccccc4F)c([C@@H](C)C4(C)CN(CC(C)(C)O)C4)cc3N21. The summed E-state index contributed by atoms with van der Waals surface area (Å²) in [5.74, 6) is 0.876. The van der Waals surface area contributed by atoms with Crippen LogP contribution >= 0.6 is 0 Å². The Balaban J connectivity index is 1.59. The smallest absolute Gasteiger partial charge is 0.262 e. The molecule has 0 aromatic heterocycles. The lowest BCUT2D eigenvalue weighted by Gasteiger charge is -2.53. The van der Waals surface area contributed by atoms with Crippen molar-refractivity contribution in [3.05, 3.63) is 47.8 Å². The fourth-order valence-corrected chi connectivity index (χ4v) is 5.64. The van der Waals surface area contributed by atoms with Crippen LogP contribution in [0.1, 0.15) is 46.1 Å². The van der Waals surface area contributed by atoms with Crippen LogP contribution in [0.3, 0.4) is 0 Å². The second-order valence-corrected chi connectivity index (χ2v) is 11.1. The molecule has 186 valence electrons. The molecule has 8 heteroatoms. The van der Waals surface area contributed by atoms with Crippen molar-refractivity contribution < 1.29 is 19.0 Å². The number of β-amino-alcohol motifs (C(OH)–C–C–N with tert-alkyl or cyclic N) is 1. The number of benzene rings is 2. The lowest BCUT2D eigenvalue weighted by Crippen LogP contribution is -2.60. The summed E-state index contributed by atoms with van der Waals surface area (Å²) in [6.45, 7) is 12.4. The Hall–Kier alpha value is -2.97. The van der Waals surface area contributed by atoms with Crippen LogP contribution in [0, 0.1) is 11.2 Å². The highest BCUT2D eigenvalue weighted by molar-refractivity contribution is 6.09. The van der Waals surface area contributed by atoms with Crippen LogP contribution in [-0.4, -0.2) is 59.6 Å². The number of nitrogens with zero attached hydrogens (tertiary/aromatic N) is 3. The molecule has 3 aliphatic rings. The molecule has 1 saturated heterocycles. The first-order chi connectivity index (χ1) is 16.5. The van der Waals surface area contributed by atoms with E-state index in [1.807, 2.05) is 37.8 Å². The van der Waals surface area contributed by atoms with Gasteiger partial charge in [0.15, 0.2) is 5.84 Å². The fourth-order valence-electron chi connectivity index (χ4n) is 5.64. The van der Waals surface area contributed by atoms with Crippen LogP contribution in [0.2, 0.25) is 0 Å². The number of hydrogen-bond acceptors (Lipinski definition) is 6. The lowest BCUT2D eigenvalue weighted by molar-refractivity contribution is -0.122. The van der Waals surface area contributed by atoms with Crippen molar-refractivity contribution in [2.24, 2.45) is 10.5 Å². The number of halogens is 1. The molecule has 7 nitrogen and oxygen atoms in total. The van der Waals surface area contributed by atoms with Gasteiger partial charge in [-0.2, -0.15) is 5.10 Å². The molecular weight excluding hydrogens is 447 g/mol. The summed E-state index contributed by atoms with van der Waals surface area (Å²) >= 11 is 0. The molecule has 0 spiro atoms. The summed E-state index contributed by atoms with van der Waals surface area (Å²) in [5.41, 5.74) is 4.85. The molecule has 0 bridgehead atoms. The maximum absolute atomic E-state index is 15.0. The number of likely N-dealkylation sites (tertiary alicyclic amines) is 1. The zero-order valence-electron chi connectivity index (χ0n) is 20.9. The van der Waals surface area contributed by atoms with Crippen LogP contribution in [-0.2, 0) is 4.79 Å². The molecule has 0 aliphatic carbocycles. The van der Waals surface area contributed by atoms with Gasteiger partial charge >= 0.3 is 0 Å². The molecule has 2 atom stereocenters. The van der Waals surface area contributed by atoms with Gasteiger partial charge in [0.2, 0.25) is 0 Å². The van der Waals surface area contributed by atoms with Crippen molar-refractivity contribution in [2.45, 2.75) is 52.2 Å². The number of amidine groups is 1. The second-order valence-electron chi connectivity index (χ2n) is 11.1. The first kappa shape index (κ1) is 23.8. The van der Waals surface area contributed by atoms with Gasteiger partial charge in [0.05, 0.1) is 11.3 Å². The molecule has 5 rings (SSSR count). The normalized spacial score (nSPS) is 22.3. The molecule has 3 aliphatic heterocycles. The van der Waals surface area contributed by atoms with Crippen molar-refractivity contribution >= 4 is 17.4 Å². The molecular formula is C27H33FN4O3. The number of carbonyl (C=O) groups is 1. The number of ether oxygens (including phenoxy) is 1. The molecule has 0 saturated carbocycles. The predicted octanol–water partition coefficient (Wildman–Crippen LogP) is 3.72. The summed E-state index contributed by atoms with van der Waals surface area (Å²) in [5, 5.41) is 14.4. The minimum absolute atomic E-state index is 0.0587. The zero-order chi connectivity index (χ0) is 25.1. The van der Waals surface area contributed by atoms with Gasteiger partial charge in [-0.3, -0.25) is 9.69 Å². The van der Waals surface area contributed by atoms with Crippen LogP contribution in [0.25, 0.3) is 11.1 Å². The monoisotopic (exact) mass is 480 g/mol. The molecule has 2 N–H and O–H groups in total. The van der Waals surface area contributed by atoms with E-state index in [-0.39, 0.29) is 29.7 Å². The van der Waals surface area contributed by atoms with Crippen molar-refractivity contribution in [1.82, 2.24) is 10.3 Å². The van der Waals surface area contributed by atoms with Gasteiger partial charge in [0.25, 0.3) is 5.91 Å². The number of fused-ring (bicyclic) bond motifs is 3. The van der Waals surface area contributed by atoms with Gasteiger partial charge < -0.3 is 14.7 Å². The summed E-state index contributed by atoms with van der Waals surface area (Å²) in [4.78, 5) is 16.6. The van der Waals surface area contributed by atoms with Gasteiger partial charge in [0, 0.05) is 25.2 Å². The Labute approximate surface area is 205 Å². The molecule has 3 heterocycles. The van der Waals surface area contributed by atoms with Gasteiger partial charge in [-0.25, -0.2) is 9.82 Å². The quantitative estimate of drug-likeness (QED) is 0.682. The zero-order valence-corrected chi connectivity index (χ0v) is 20.9. The Bertz CT molecular complexity index is 1200. The Morgan fingerprint density at radius 3 is 2.69 bits per heavy atom. The van der Waals surface area contributed by atoms with Gasteiger partial charge in [0.1, 0.15) is 24.2 Å². The highest BCUT2D eigenvalue weighted by Gasteiger charge is 2.46. The first-order valence-electron chi connectivity index (χ1n) is 12.1. The minimum atomic E-state index is -0.757. The third kappa shape index (κ3) is 4.19. The minimum Gasteiger partial charge on any atom is -0.483 e. The fraction of sp³-hybridized carbons (Fsp3) is 0.481. The molecule has 2 aromatic carbocycles. The molecule has 35 heavy (non-hydrogen) atoms. The lowest BCUT2D eigenvalue weighted by atomic mass is 9.67. The maximum Gasteiger partial charge on any atom is 0.262 e. The number of hydrogen-bond donors (Lipinski definition) is 2. The van der Waals surface area contributed by atoms with Crippen LogP contribution in [0.4, 0.5) is 10.1 Å². The predicted molar refractivity (Wildman–Crippen MR) is 134 cm³/mol. The Morgan fingerprint density at radius 1 is 1.29 bits per heavy atom. The number of hydrazone groups is 1. The number of anilines is 1. The van der Waals surface area contributed by atoms with E-state index in [9.17, 15) is 9.90 Å². The summed E-state index contributed by atoms with van der Waals surface area (Å²) < 4.78 is 21.0. The average Bonchev–Trinajstić information content (AvgIpc) is 2.78. The highest BCUT2D eigenvalue weighted by atomic mass is 19.1. The topological polar surface area (TPSA) is 77.4 Å². The number of rotatable bonds is 5. The standard InChI is InChI=1S/C27H33FN4O3/c1-16(27(5)14-31(15-27)13-26(3,4)34)19-10-22-23(11-20(19)18-8-6-7-9-21(18)28)35-12-24-29-30-25(33)17(2)32(22)24/h6-11,16-17,34H,12-15H2,1-5H3,(H,30,33)/t16-,17-/m1/s1. The summed E-state index contributed by atoms with van der Waals surface area (Å²) in [6.07, 6.45) is 0. The van der Waals surface area contributed by atoms with E-state index >= 15 is 4.39 Å². The van der Waals surface area contributed by atoms with E-state index in [1.54, 1.807) is 12.1 Å². The molecule has 1 amide bonds. The third-order valence-electron chi connectivity index (χ3n) is 7.54. The van der Waals surface area contributed by atoms with Crippen molar-refractivity contribution in [3.8, 4) is 16.9 Å². The molecule has 2 aromatic rings. The van der Waals surface area contributed by atoms with Crippen LogP contribution < -0.4 is 15.1 Å². The third-order valence-corrected chi connectivity index (χ3v) is 7.54. The van der Waals surface area contributed by atoms with E-state index in [2.05, 4.69) is 35.3 Å². The Morgan fingerprint density at radius 2 is 2.00 bits per heavy atom.